The van der Waals surface area contributed by atoms with Gasteiger partial charge in [-0.05, 0) is 29.7 Å². The first-order valence-electron chi connectivity index (χ1n) is 10.9. The number of hydrogen-bond acceptors (Lipinski definition) is 8. The predicted octanol–water partition coefficient (Wildman–Crippen LogP) is 4.72. The molecule has 5 rings (SSSR count). The van der Waals surface area contributed by atoms with Crippen molar-refractivity contribution in [2.24, 2.45) is 0 Å². The monoisotopic (exact) mass is 504 g/mol. The van der Waals surface area contributed by atoms with Gasteiger partial charge in [0.1, 0.15) is 22.2 Å². The summed E-state index contributed by atoms with van der Waals surface area (Å²) in [5.41, 5.74) is 4.13. The third kappa shape index (κ3) is 4.84. The number of thiazole rings is 1. The lowest BCUT2D eigenvalue weighted by Gasteiger charge is -2.20. The van der Waals surface area contributed by atoms with Gasteiger partial charge < -0.3 is 4.74 Å². The topological polar surface area (TPSA) is 95.7 Å². The van der Waals surface area contributed by atoms with Crippen LogP contribution < -0.4 is 0 Å². The number of carbonyl (C=O) groups excluding carboxylic acids is 1. The van der Waals surface area contributed by atoms with E-state index >= 15 is 0 Å². The molecule has 0 radical (unpaired) electrons. The highest BCUT2D eigenvalue weighted by Gasteiger charge is 2.24. The van der Waals surface area contributed by atoms with Crippen molar-refractivity contribution in [1.29, 1.82) is 0 Å². The van der Waals surface area contributed by atoms with E-state index in [1.807, 2.05) is 37.3 Å². The number of aromatic nitrogens is 6. The Kier molecular flexibility index (Phi) is 6.63. The third-order valence-electron chi connectivity index (χ3n) is 5.53. The number of halogens is 1. The molecule has 1 aromatic carbocycles. The summed E-state index contributed by atoms with van der Waals surface area (Å²) >= 11 is 7.90. The third-order valence-corrected chi connectivity index (χ3v) is 6.69. The van der Waals surface area contributed by atoms with Crippen LogP contribution in [0.4, 0.5) is 0 Å². The zero-order valence-electron chi connectivity index (χ0n) is 19.1. The van der Waals surface area contributed by atoms with E-state index in [-0.39, 0.29) is 24.7 Å². The second-order valence-corrected chi connectivity index (χ2v) is 9.56. The molecule has 0 saturated carbocycles. The van der Waals surface area contributed by atoms with Gasteiger partial charge in [0.15, 0.2) is 5.82 Å². The largest absolute Gasteiger partial charge is 0.372 e. The smallest absolute Gasteiger partial charge is 0.193 e. The molecule has 1 unspecified atom stereocenters. The molecule has 0 aliphatic carbocycles. The Morgan fingerprint density at radius 2 is 1.89 bits per heavy atom. The molecule has 5 aromatic rings. The van der Waals surface area contributed by atoms with Crippen LogP contribution in [0.15, 0.2) is 61.2 Å². The number of benzene rings is 1. The summed E-state index contributed by atoms with van der Waals surface area (Å²) in [6, 6.07) is 11.6. The van der Waals surface area contributed by atoms with Gasteiger partial charge in [-0.3, -0.25) is 4.79 Å². The normalized spacial score (nSPS) is 12.2. The zero-order valence-corrected chi connectivity index (χ0v) is 20.6. The van der Waals surface area contributed by atoms with Crippen molar-refractivity contribution < 1.29 is 9.53 Å². The van der Waals surface area contributed by atoms with Gasteiger partial charge >= 0.3 is 0 Å². The van der Waals surface area contributed by atoms with Crippen molar-refractivity contribution >= 4 is 39.1 Å². The molecule has 8 nitrogen and oxygen atoms in total. The number of ketones is 1. The maximum Gasteiger partial charge on any atom is 0.193 e. The molecule has 0 amide bonds. The van der Waals surface area contributed by atoms with Crippen LogP contribution in [-0.2, 0) is 22.4 Å². The minimum absolute atomic E-state index is 0.00472. The first-order chi connectivity index (χ1) is 17.0. The molecule has 0 N–H and O–H groups in total. The zero-order chi connectivity index (χ0) is 24.4. The molecule has 0 bridgehead atoms. The molecule has 0 aliphatic heterocycles. The summed E-state index contributed by atoms with van der Waals surface area (Å²) in [5.74, 6) is 0.416. The molecule has 176 valence electrons. The van der Waals surface area contributed by atoms with Crippen LogP contribution in [0.3, 0.4) is 0 Å². The molecule has 1 atom stereocenters. The first-order valence-corrected chi connectivity index (χ1v) is 12.1. The summed E-state index contributed by atoms with van der Waals surface area (Å²) < 4.78 is 5.93. The van der Waals surface area contributed by atoms with Gasteiger partial charge in [-0.1, -0.05) is 53.3 Å². The molecule has 4 aromatic heterocycles. The van der Waals surface area contributed by atoms with Crippen molar-refractivity contribution in [3.63, 3.8) is 0 Å². The average Bonchev–Trinajstić information content (AvgIpc) is 3.51. The molecule has 0 saturated heterocycles. The van der Waals surface area contributed by atoms with E-state index in [0.29, 0.717) is 16.4 Å². The fraction of sp³-hybridized carbons (Fsp3) is 0.200. The second-order valence-electron chi connectivity index (χ2n) is 7.97. The number of hydrogen-bond donors (Lipinski definition) is 0. The standard InChI is InChI=1S/C25H21ClN6O2S/c1-15-31-22-21(23(34-2)17-6-4-3-5-7-17)18(14-28-25(22)35-15)12-19(33)10-16-11-20(26)24(27-13-16)32-29-8-9-30-32/h3-9,11,13-14,23H,10,12H2,1-2H3. The van der Waals surface area contributed by atoms with Crippen molar-refractivity contribution in [2.75, 3.05) is 7.11 Å². The van der Waals surface area contributed by atoms with Crippen molar-refractivity contribution in [3.8, 4) is 5.82 Å². The van der Waals surface area contributed by atoms with E-state index in [9.17, 15) is 4.79 Å². The number of carbonyl (C=O) groups is 1. The van der Waals surface area contributed by atoms with Crippen LogP contribution in [0, 0.1) is 6.92 Å². The minimum Gasteiger partial charge on any atom is -0.372 e. The van der Waals surface area contributed by atoms with E-state index in [1.54, 1.807) is 38.0 Å². The second kappa shape index (κ2) is 9.99. The van der Waals surface area contributed by atoms with Crippen LogP contribution in [0.1, 0.15) is 33.4 Å². The lowest BCUT2D eigenvalue weighted by Crippen LogP contribution is -2.14. The molecular weight excluding hydrogens is 484 g/mol. The molecular formula is C25H21ClN6O2S. The number of fused-ring (bicyclic) bond motifs is 1. The van der Waals surface area contributed by atoms with Crippen LogP contribution >= 0.6 is 22.9 Å². The molecule has 0 fully saturated rings. The molecule has 0 spiro atoms. The highest BCUT2D eigenvalue weighted by molar-refractivity contribution is 7.18. The average molecular weight is 505 g/mol. The molecule has 4 heterocycles. The van der Waals surface area contributed by atoms with Crippen molar-refractivity contribution in [2.45, 2.75) is 25.9 Å². The number of pyridine rings is 2. The summed E-state index contributed by atoms with van der Waals surface area (Å²) in [7, 11) is 1.67. The van der Waals surface area contributed by atoms with Gasteiger partial charge in [-0.15, -0.1) is 4.80 Å². The van der Waals surface area contributed by atoms with Crippen molar-refractivity contribution in [3.05, 3.63) is 93.5 Å². The van der Waals surface area contributed by atoms with Crippen LogP contribution in [0.2, 0.25) is 5.02 Å². The van der Waals surface area contributed by atoms with Crippen LogP contribution in [0.5, 0.6) is 0 Å². The number of methoxy groups -OCH3 is 1. The van der Waals surface area contributed by atoms with Gasteiger partial charge in [0.25, 0.3) is 0 Å². The van der Waals surface area contributed by atoms with Gasteiger partial charge in [0, 0.05) is 37.9 Å². The number of aryl methyl sites for hydroxylation is 1. The maximum absolute atomic E-state index is 13.2. The number of ether oxygens (including phenoxy) is 1. The number of nitrogens with zero attached hydrogens (tertiary/aromatic N) is 6. The first kappa shape index (κ1) is 23.2. The van der Waals surface area contributed by atoms with Crippen molar-refractivity contribution in [1.82, 2.24) is 29.9 Å². The summed E-state index contributed by atoms with van der Waals surface area (Å²) in [6.07, 6.45) is 6.46. The highest BCUT2D eigenvalue weighted by atomic mass is 35.5. The van der Waals surface area contributed by atoms with E-state index < -0.39 is 0 Å². The van der Waals surface area contributed by atoms with E-state index in [0.717, 1.165) is 32.0 Å². The Hall–Kier alpha value is -3.53. The number of Topliss-reactive ketones (excluding diaryl/α,β-unsaturated/α-hetero) is 1. The lowest BCUT2D eigenvalue weighted by molar-refractivity contribution is -0.117. The Labute approximate surface area is 210 Å². The Balaban J connectivity index is 1.45. The number of rotatable bonds is 8. The molecule has 0 aliphatic rings. The quantitative estimate of drug-likeness (QED) is 0.301. The van der Waals surface area contributed by atoms with E-state index in [2.05, 4.69) is 20.2 Å². The van der Waals surface area contributed by atoms with Gasteiger partial charge in [-0.25, -0.2) is 15.0 Å². The van der Waals surface area contributed by atoms with E-state index in [4.69, 9.17) is 21.3 Å². The fourth-order valence-electron chi connectivity index (χ4n) is 4.06. The van der Waals surface area contributed by atoms with Gasteiger partial charge in [0.05, 0.1) is 22.4 Å². The summed E-state index contributed by atoms with van der Waals surface area (Å²) in [6.45, 7) is 1.95. The Morgan fingerprint density at radius 3 is 2.60 bits per heavy atom. The van der Waals surface area contributed by atoms with Crippen LogP contribution in [-0.4, -0.2) is 42.8 Å². The molecule has 35 heavy (non-hydrogen) atoms. The lowest BCUT2D eigenvalue weighted by atomic mass is 9.93. The SMILES string of the molecule is COC(c1ccccc1)c1c(CC(=O)Cc2cnc(-n3nccn3)c(Cl)c2)cnc2sc(C)nc12. The maximum atomic E-state index is 13.2. The van der Waals surface area contributed by atoms with Gasteiger partial charge in [-0.2, -0.15) is 10.2 Å². The fourth-order valence-corrected chi connectivity index (χ4v) is 5.10. The van der Waals surface area contributed by atoms with Crippen LogP contribution in [0.25, 0.3) is 16.2 Å². The minimum atomic E-state index is -0.372. The molecule has 10 heteroatoms. The Morgan fingerprint density at radius 1 is 1.11 bits per heavy atom. The van der Waals surface area contributed by atoms with Gasteiger partial charge in [0.2, 0.25) is 0 Å². The summed E-state index contributed by atoms with van der Waals surface area (Å²) in [5, 5.41) is 9.38. The Bertz CT molecular complexity index is 1490. The highest BCUT2D eigenvalue weighted by Crippen LogP contribution is 2.35. The summed E-state index contributed by atoms with van der Waals surface area (Å²) in [4.78, 5) is 29.0. The predicted molar refractivity (Wildman–Crippen MR) is 134 cm³/mol. The van der Waals surface area contributed by atoms with E-state index in [1.165, 1.54) is 16.1 Å².